The summed E-state index contributed by atoms with van der Waals surface area (Å²) >= 11 is 0. The highest BCUT2D eigenvalue weighted by molar-refractivity contribution is 5.81. The Hall–Kier alpha value is -1.95. The maximum atomic E-state index is 12.5. The third-order valence-corrected chi connectivity index (χ3v) is 6.23. The van der Waals surface area contributed by atoms with E-state index in [1.165, 1.54) is 0 Å². The molecule has 28 heavy (non-hydrogen) atoms. The minimum absolute atomic E-state index is 0.109. The lowest BCUT2D eigenvalue weighted by atomic mass is 9.72. The summed E-state index contributed by atoms with van der Waals surface area (Å²) in [5, 5.41) is 10.1. The van der Waals surface area contributed by atoms with Gasteiger partial charge in [0.05, 0.1) is 0 Å². The maximum Gasteiger partial charge on any atom is 0.251 e. The first-order valence-electron chi connectivity index (χ1n) is 10.5. The summed E-state index contributed by atoms with van der Waals surface area (Å²) < 4.78 is 0. The Kier molecular flexibility index (Phi) is 6.70. The van der Waals surface area contributed by atoms with Crippen LogP contribution in [-0.2, 0) is 16.0 Å². The third kappa shape index (κ3) is 5.10. The minimum Gasteiger partial charge on any atom is -0.383 e. The SMILES string of the molecule is CC(C)C[C@@H](O)C(=O)N1CCC2(CCC(=O)N(CCc3ccccn3)C2)CC1. The van der Waals surface area contributed by atoms with Crippen molar-refractivity contribution in [1.82, 2.24) is 14.8 Å². The molecule has 1 aromatic rings. The van der Waals surface area contributed by atoms with Gasteiger partial charge in [0.25, 0.3) is 5.91 Å². The largest absolute Gasteiger partial charge is 0.383 e. The zero-order valence-corrected chi connectivity index (χ0v) is 17.1. The summed E-state index contributed by atoms with van der Waals surface area (Å²) in [4.78, 5) is 33.1. The van der Waals surface area contributed by atoms with Crippen LogP contribution in [0.5, 0.6) is 0 Å². The standard InChI is InChI=1S/C22H33N3O3/c1-17(2)15-19(26)21(28)24-13-9-22(10-14-24)8-6-20(27)25(16-22)12-7-18-5-3-4-11-23-18/h3-5,11,17,19,26H,6-10,12-16H2,1-2H3/t19-/m1/s1. The molecule has 0 saturated carbocycles. The highest BCUT2D eigenvalue weighted by Gasteiger charge is 2.42. The van der Waals surface area contributed by atoms with Crippen LogP contribution in [0.4, 0.5) is 0 Å². The normalized spacial score (nSPS) is 20.6. The van der Waals surface area contributed by atoms with Crippen molar-refractivity contribution >= 4 is 11.8 Å². The van der Waals surface area contributed by atoms with Gasteiger partial charge in [-0.2, -0.15) is 0 Å². The molecule has 6 heteroatoms. The first-order chi connectivity index (χ1) is 13.4. The molecule has 1 N–H and O–H groups in total. The minimum atomic E-state index is -0.892. The van der Waals surface area contributed by atoms with Gasteiger partial charge in [-0.25, -0.2) is 0 Å². The van der Waals surface area contributed by atoms with Gasteiger partial charge in [-0.05, 0) is 49.1 Å². The average Bonchev–Trinajstić information content (AvgIpc) is 2.69. The summed E-state index contributed by atoms with van der Waals surface area (Å²) in [5.41, 5.74) is 1.12. The molecule has 0 unspecified atom stereocenters. The summed E-state index contributed by atoms with van der Waals surface area (Å²) in [5.74, 6) is 0.391. The van der Waals surface area contributed by atoms with E-state index in [9.17, 15) is 14.7 Å². The highest BCUT2D eigenvalue weighted by atomic mass is 16.3. The smallest absolute Gasteiger partial charge is 0.251 e. The number of carbonyl (C=O) groups is 2. The van der Waals surface area contributed by atoms with Gasteiger partial charge in [0, 0.05) is 50.9 Å². The summed E-state index contributed by atoms with van der Waals surface area (Å²) in [7, 11) is 0. The van der Waals surface area contributed by atoms with E-state index in [4.69, 9.17) is 0 Å². The van der Waals surface area contributed by atoms with E-state index in [2.05, 4.69) is 4.98 Å². The number of aromatic nitrogens is 1. The van der Waals surface area contributed by atoms with Gasteiger partial charge in [-0.1, -0.05) is 19.9 Å². The molecule has 2 amide bonds. The quantitative estimate of drug-likeness (QED) is 0.813. The molecule has 2 aliphatic heterocycles. The molecule has 3 heterocycles. The number of carbonyl (C=O) groups excluding carboxylic acids is 2. The molecule has 0 aliphatic carbocycles. The average molecular weight is 388 g/mol. The lowest BCUT2D eigenvalue weighted by molar-refractivity contribution is -0.147. The number of rotatable bonds is 6. The fraction of sp³-hybridized carbons (Fsp3) is 0.682. The van der Waals surface area contributed by atoms with Gasteiger partial charge >= 0.3 is 0 Å². The molecule has 2 aliphatic rings. The molecular formula is C22H33N3O3. The summed E-state index contributed by atoms with van der Waals surface area (Å²) in [6.45, 7) is 6.86. The molecule has 154 valence electrons. The van der Waals surface area contributed by atoms with Crippen LogP contribution in [0.2, 0.25) is 0 Å². The molecule has 0 bridgehead atoms. The van der Waals surface area contributed by atoms with E-state index in [0.717, 1.165) is 37.9 Å². The molecule has 6 nitrogen and oxygen atoms in total. The number of piperidine rings is 2. The van der Waals surface area contributed by atoms with Gasteiger partial charge < -0.3 is 14.9 Å². The monoisotopic (exact) mass is 387 g/mol. The van der Waals surface area contributed by atoms with E-state index >= 15 is 0 Å². The fourth-order valence-electron chi connectivity index (χ4n) is 4.47. The molecule has 0 radical (unpaired) electrons. The first kappa shape index (κ1) is 20.8. The van der Waals surface area contributed by atoms with Crippen molar-refractivity contribution in [3.8, 4) is 0 Å². The van der Waals surface area contributed by atoms with Crippen molar-refractivity contribution in [2.45, 2.75) is 58.5 Å². The Balaban J connectivity index is 1.54. The molecule has 0 aromatic carbocycles. The Morgan fingerprint density at radius 3 is 2.64 bits per heavy atom. The Labute approximate surface area is 167 Å². The van der Waals surface area contributed by atoms with Crippen LogP contribution < -0.4 is 0 Å². The molecular weight excluding hydrogens is 354 g/mol. The van der Waals surface area contributed by atoms with Crippen molar-refractivity contribution in [2.75, 3.05) is 26.2 Å². The topological polar surface area (TPSA) is 73.7 Å². The van der Waals surface area contributed by atoms with E-state index < -0.39 is 6.10 Å². The van der Waals surface area contributed by atoms with Crippen LogP contribution in [0, 0.1) is 11.3 Å². The number of aliphatic hydroxyl groups excluding tert-OH is 1. The third-order valence-electron chi connectivity index (χ3n) is 6.23. The van der Waals surface area contributed by atoms with Crippen LogP contribution >= 0.6 is 0 Å². The van der Waals surface area contributed by atoms with Gasteiger partial charge in [-0.3, -0.25) is 14.6 Å². The molecule has 1 aromatic heterocycles. The predicted molar refractivity (Wildman–Crippen MR) is 107 cm³/mol. The fourth-order valence-corrected chi connectivity index (χ4v) is 4.47. The lowest BCUT2D eigenvalue weighted by Crippen LogP contribution is -2.53. The number of nitrogens with zero attached hydrogens (tertiary/aromatic N) is 3. The number of hydrogen-bond donors (Lipinski definition) is 1. The lowest BCUT2D eigenvalue weighted by Gasteiger charge is -2.47. The Morgan fingerprint density at radius 1 is 1.25 bits per heavy atom. The molecule has 1 spiro atoms. The predicted octanol–water partition coefficient (Wildman–Crippen LogP) is 2.26. The first-order valence-corrected chi connectivity index (χ1v) is 10.5. The number of pyridine rings is 1. The van der Waals surface area contributed by atoms with Crippen molar-refractivity contribution in [1.29, 1.82) is 0 Å². The van der Waals surface area contributed by atoms with Crippen molar-refractivity contribution in [3.63, 3.8) is 0 Å². The van der Waals surface area contributed by atoms with Crippen LogP contribution in [0.1, 0.15) is 51.6 Å². The van der Waals surface area contributed by atoms with Gasteiger partial charge in [0.1, 0.15) is 6.10 Å². The van der Waals surface area contributed by atoms with Gasteiger partial charge in [-0.15, -0.1) is 0 Å². The van der Waals surface area contributed by atoms with Crippen molar-refractivity contribution < 1.29 is 14.7 Å². The van der Waals surface area contributed by atoms with E-state index in [1.807, 2.05) is 41.8 Å². The van der Waals surface area contributed by atoms with Crippen LogP contribution in [0.3, 0.4) is 0 Å². The number of amides is 2. The van der Waals surface area contributed by atoms with E-state index in [1.54, 1.807) is 6.20 Å². The number of hydrogen-bond acceptors (Lipinski definition) is 4. The summed E-state index contributed by atoms with van der Waals surface area (Å²) in [6, 6.07) is 5.87. The van der Waals surface area contributed by atoms with Crippen LogP contribution in [0.25, 0.3) is 0 Å². The number of likely N-dealkylation sites (tertiary alicyclic amines) is 2. The van der Waals surface area contributed by atoms with E-state index in [-0.39, 0.29) is 17.2 Å². The molecule has 1 atom stereocenters. The Bertz CT molecular complexity index is 669. The van der Waals surface area contributed by atoms with E-state index in [0.29, 0.717) is 38.4 Å². The number of aliphatic hydroxyl groups is 1. The molecule has 2 fully saturated rings. The van der Waals surface area contributed by atoms with Crippen molar-refractivity contribution in [3.05, 3.63) is 30.1 Å². The maximum absolute atomic E-state index is 12.5. The molecule has 2 saturated heterocycles. The Morgan fingerprint density at radius 2 is 2.00 bits per heavy atom. The zero-order chi connectivity index (χ0) is 20.1. The second-order valence-corrected chi connectivity index (χ2v) is 8.86. The highest BCUT2D eigenvalue weighted by Crippen LogP contribution is 2.40. The van der Waals surface area contributed by atoms with Crippen LogP contribution in [0.15, 0.2) is 24.4 Å². The molecule has 3 rings (SSSR count). The van der Waals surface area contributed by atoms with Gasteiger partial charge in [0.15, 0.2) is 0 Å². The van der Waals surface area contributed by atoms with Crippen LogP contribution in [-0.4, -0.2) is 64.0 Å². The second-order valence-electron chi connectivity index (χ2n) is 8.86. The van der Waals surface area contributed by atoms with Crippen molar-refractivity contribution in [2.24, 2.45) is 11.3 Å². The second kappa shape index (κ2) is 9.03. The summed E-state index contributed by atoms with van der Waals surface area (Å²) in [6.07, 6.45) is 5.48. The van der Waals surface area contributed by atoms with Gasteiger partial charge in [0.2, 0.25) is 5.91 Å². The zero-order valence-electron chi connectivity index (χ0n) is 17.1.